The van der Waals surface area contributed by atoms with E-state index >= 15 is 0 Å². The number of likely N-dealkylation sites (N-methyl/N-ethyl adjacent to an activating group) is 1. The van der Waals surface area contributed by atoms with Gasteiger partial charge in [-0.05, 0) is 18.2 Å². The number of ether oxygens (including phenoxy) is 1. The summed E-state index contributed by atoms with van der Waals surface area (Å²) in [6, 6.07) is 4.20. The second kappa shape index (κ2) is 6.47. The Morgan fingerprint density at radius 3 is 2.33 bits per heavy atom. The molecule has 0 saturated heterocycles. The van der Waals surface area contributed by atoms with E-state index in [1.807, 2.05) is 0 Å². The van der Waals surface area contributed by atoms with E-state index < -0.39 is 12.0 Å². The van der Waals surface area contributed by atoms with Crippen molar-refractivity contribution in [3.63, 3.8) is 0 Å². The molecule has 0 heterocycles. The van der Waals surface area contributed by atoms with E-state index in [1.54, 1.807) is 18.2 Å². The lowest BCUT2D eigenvalue weighted by atomic mass is 10.3. The van der Waals surface area contributed by atoms with Gasteiger partial charge in [-0.2, -0.15) is 0 Å². The maximum absolute atomic E-state index is 11.7. The maximum atomic E-state index is 11.7. The smallest absolute Gasteiger partial charge is 0.325 e. The summed E-state index contributed by atoms with van der Waals surface area (Å²) in [6.45, 7) is -0.142. The molecule has 1 rings (SSSR count). The number of nitrogens with one attached hydrogen (secondary N) is 1. The van der Waals surface area contributed by atoms with Gasteiger partial charge in [0.15, 0.2) is 0 Å². The summed E-state index contributed by atoms with van der Waals surface area (Å²) in [5, 5.41) is 3.38. The predicted octanol–water partition coefficient (Wildman–Crippen LogP) is 2.63. The largest absolute Gasteiger partial charge is 0.468 e. The van der Waals surface area contributed by atoms with E-state index in [4.69, 9.17) is 23.2 Å². The third-order valence-corrected chi connectivity index (χ3v) is 2.49. The highest BCUT2D eigenvalue weighted by atomic mass is 35.5. The Labute approximate surface area is 115 Å². The van der Waals surface area contributed by atoms with Crippen LogP contribution >= 0.6 is 23.2 Å². The van der Waals surface area contributed by atoms with Gasteiger partial charge in [-0.3, -0.25) is 4.79 Å². The van der Waals surface area contributed by atoms with Crippen molar-refractivity contribution in [3.8, 4) is 0 Å². The van der Waals surface area contributed by atoms with Crippen LogP contribution in [0.5, 0.6) is 0 Å². The van der Waals surface area contributed by atoms with Crippen LogP contribution in [-0.4, -0.2) is 37.6 Å². The van der Waals surface area contributed by atoms with Crippen molar-refractivity contribution < 1.29 is 14.3 Å². The highest BCUT2D eigenvalue weighted by Gasteiger charge is 2.13. The van der Waals surface area contributed by atoms with Gasteiger partial charge in [0, 0.05) is 22.8 Å². The fourth-order valence-electron chi connectivity index (χ4n) is 1.17. The van der Waals surface area contributed by atoms with Crippen molar-refractivity contribution in [1.29, 1.82) is 0 Å². The van der Waals surface area contributed by atoms with E-state index in [0.29, 0.717) is 15.7 Å². The summed E-state index contributed by atoms with van der Waals surface area (Å²) in [5.41, 5.74) is 0.453. The van der Waals surface area contributed by atoms with Gasteiger partial charge in [0.05, 0.1) is 7.11 Å². The highest BCUT2D eigenvalue weighted by molar-refractivity contribution is 6.35. The molecule has 0 aromatic heterocycles. The molecule has 18 heavy (non-hydrogen) atoms. The molecule has 0 saturated carbocycles. The Bertz CT molecular complexity index is 445. The summed E-state index contributed by atoms with van der Waals surface area (Å²) in [4.78, 5) is 23.9. The molecular weight excluding hydrogens is 279 g/mol. The molecule has 1 aromatic carbocycles. The third-order valence-electron chi connectivity index (χ3n) is 2.05. The molecule has 98 valence electrons. The van der Waals surface area contributed by atoms with Crippen LogP contribution in [0.15, 0.2) is 18.2 Å². The molecular formula is C11H12Cl2N2O3. The second-order valence-electron chi connectivity index (χ2n) is 3.52. The van der Waals surface area contributed by atoms with E-state index in [2.05, 4.69) is 10.1 Å². The number of rotatable bonds is 3. The van der Waals surface area contributed by atoms with Gasteiger partial charge < -0.3 is 15.0 Å². The van der Waals surface area contributed by atoms with Crippen molar-refractivity contribution in [2.45, 2.75) is 0 Å². The average Bonchev–Trinajstić information content (AvgIpc) is 2.27. The van der Waals surface area contributed by atoms with Crippen LogP contribution < -0.4 is 5.32 Å². The van der Waals surface area contributed by atoms with Gasteiger partial charge in [-0.1, -0.05) is 23.2 Å². The van der Waals surface area contributed by atoms with Gasteiger partial charge in [-0.15, -0.1) is 0 Å². The van der Waals surface area contributed by atoms with Crippen LogP contribution in [0.2, 0.25) is 10.0 Å². The maximum Gasteiger partial charge on any atom is 0.325 e. The molecule has 5 nitrogen and oxygen atoms in total. The zero-order valence-electron chi connectivity index (χ0n) is 9.87. The fraction of sp³-hybridized carbons (Fsp3) is 0.273. The van der Waals surface area contributed by atoms with Crippen molar-refractivity contribution in [3.05, 3.63) is 28.2 Å². The molecule has 2 amide bonds. The lowest BCUT2D eigenvalue weighted by Crippen LogP contribution is -2.35. The lowest BCUT2D eigenvalue weighted by Gasteiger charge is -2.16. The van der Waals surface area contributed by atoms with Crippen LogP contribution in [0.3, 0.4) is 0 Å². The number of hydrogen-bond donors (Lipinski definition) is 1. The quantitative estimate of drug-likeness (QED) is 0.871. The summed E-state index contributed by atoms with van der Waals surface area (Å²) in [5.74, 6) is -0.503. The molecule has 1 N–H and O–H groups in total. The molecule has 0 fully saturated rings. The number of urea groups is 1. The van der Waals surface area contributed by atoms with Crippen molar-refractivity contribution in [2.75, 3.05) is 26.0 Å². The SMILES string of the molecule is COC(=O)CN(C)C(=O)Nc1cc(Cl)cc(Cl)c1. The van der Waals surface area contributed by atoms with E-state index in [0.717, 1.165) is 0 Å². The Morgan fingerprint density at radius 1 is 1.28 bits per heavy atom. The number of anilines is 1. The zero-order chi connectivity index (χ0) is 13.7. The van der Waals surface area contributed by atoms with Gasteiger partial charge >= 0.3 is 12.0 Å². The summed E-state index contributed by atoms with van der Waals surface area (Å²) < 4.78 is 4.46. The normalized spacial score (nSPS) is 9.78. The van der Waals surface area contributed by atoms with E-state index in [9.17, 15) is 9.59 Å². The fourth-order valence-corrected chi connectivity index (χ4v) is 1.70. The van der Waals surface area contributed by atoms with Crippen LogP contribution in [0, 0.1) is 0 Å². The van der Waals surface area contributed by atoms with Gasteiger partial charge in [0.2, 0.25) is 0 Å². The Morgan fingerprint density at radius 2 is 1.83 bits per heavy atom. The summed E-state index contributed by atoms with van der Waals surface area (Å²) in [6.07, 6.45) is 0. The standard InChI is InChI=1S/C11H12Cl2N2O3/c1-15(6-10(16)18-2)11(17)14-9-4-7(12)3-8(13)5-9/h3-5H,6H2,1-2H3,(H,14,17). The molecule has 0 spiro atoms. The lowest BCUT2D eigenvalue weighted by molar-refractivity contribution is -0.140. The number of nitrogens with zero attached hydrogens (tertiary/aromatic N) is 1. The van der Waals surface area contributed by atoms with Crippen LogP contribution in [0.4, 0.5) is 10.5 Å². The predicted molar refractivity (Wildman–Crippen MR) is 70.1 cm³/mol. The van der Waals surface area contributed by atoms with Crippen molar-refractivity contribution >= 4 is 40.9 Å². The first kappa shape index (κ1) is 14.6. The first-order chi connectivity index (χ1) is 8.42. The molecule has 0 bridgehead atoms. The first-order valence-electron chi connectivity index (χ1n) is 4.97. The molecule has 0 aliphatic carbocycles. The zero-order valence-corrected chi connectivity index (χ0v) is 11.4. The van der Waals surface area contributed by atoms with Gasteiger partial charge in [0.25, 0.3) is 0 Å². The average molecular weight is 291 g/mol. The van der Waals surface area contributed by atoms with E-state index in [-0.39, 0.29) is 6.54 Å². The number of hydrogen-bond acceptors (Lipinski definition) is 3. The topological polar surface area (TPSA) is 58.6 Å². The number of esters is 1. The minimum absolute atomic E-state index is 0.142. The number of halogens is 2. The summed E-state index contributed by atoms with van der Waals surface area (Å²) >= 11 is 11.6. The molecule has 0 aliphatic heterocycles. The third kappa shape index (κ3) is 4.43. The van der Waals surface area contributed by atoms with E-state index in [1.165, 1.54) is 19.1 Å². The molecule has 0 aliphatic rings. The van der Waals surface area contributed by atoms with Crippen LogP contribution in [-0.2, 0) is 9.53 Å². The van der Waals surface area contributed by atoms with Crippen molar-refractivity contribution in [2.24, 2.45) is 0 Å². The monoisotopic (exact) mass is 290 g/mol. The number of methoxy groups -OCH3 is 1. The number of carbonyl (C=O) groups is 2. The molecule has 1 aromatic rings. The first-order valence-corrected chi connectivity index (χ1v) is 5.73. The second-order valence-corrected chi connectivity index (χ2v) is 4.39. The van der Waals surface area contributed by atoms with Crippen molar-refractivity contribution in [1.82, 2.24) is 4.90 Å². The van der Waals surface area contributed by atoms with Crippen LogP contribution in [0.25, 0.3) is 0 Å². The highest BCUT2D eigenvalue weighted by Crippen LogP contribution is 2.22. The molecule has 0 radical (unpaired) electrons. The van der Waals surface area contributed by atoms with Crippen LogP contribution in [0.1, 0.15) is 0 Å². The number of carbonyl (C=O) groups excluding carboxylic acids is 2. The minimum Gasteiger partial charge on any atom is -0.468 e. The molecule has 7 heteroatoms. The number of amides is 2. The Balaban J connectivity index is 2.66. The number of benzene rings is 1. The molecule has 0 atom stereocenters. The summed E-state index contributed by atoms with van der Waals surface area (Å²) in [7, 11) is 2.73. The molecule has 0 unspecified atom stereocenters. The minimum atomic E-state index is -0.503. The Kier molecular flexibility index (Phi) is 5.25. The van der Waals surface area contributed by atoms with Gasteiger partial charge in [0.1, 0.15) is 6.54 Å². The Hall–Kier alpha value is -1.46. The van der Waals surface area contributed by atoms with Gasteiger partial charge in [-0.25, -0.2) is 4.79 Å².